The molecule has 1 saturated heterocycles. The molecule has 1 heterocycles. The first-order chi connectivity index (χ1) is 13.2. The Kier molecular flexibility index (Phi) is 6.91. The number of benzene rings is 1. The second kappa shape index (κ2) is 9.16. The van der Waals surface area contributed by atoms with Crippen molar-refractivity contribution >= 4 is 23.5 Å². The van der Waals surface area contributed by atoms with Crippen LogP contribution in [0, 0.1) is 16.0 Å². The summed E-state index contributed by atoms with van der Waals surface area (Å²) in [6.07, 6.45) is 1.08. The number of carbonyl (C=O) groups excluding carboxylic acids is 2. The maximum atomic E-state index is 12.7. The third-order valence-electron chi connectivity index (χ3n) is 4.55. The number of hydrogen-bond acceptors (Lipinski definition) is 6. The molecule has 0 saturated carbocycles. The fraction of sp³-hybridized carbons (Fsp3) is 0.500. The Morgan fingerprint density at radius 3 is 2.71 bits per heavy atom. The summed E-state index contributed by atoms with van der Waals surface area (Å²) in [4.78, 5) is 49.4. The molecular formula is C18H23N3O7. The van der Waals surface area contributed by atoms with E-state index in [1.165, 1.54) is 30.1 Å². The molecule has 0 aliphatic carbocycles. The van der Waals surface area contributed by atoms with Crippen LogP contribution in [0.15, 0.2) is 18.2 Å². The van der Waals surface area contributed by atoms with E-state index in [0.29, 0.717) is 31.7 Å². The van der Waals surface area contributed by atoms with Gasteiger partial charge < -0.3 is 19.6 Å². The van der Waals surface area contributed by atoms with Crippen molar-refractivity contribution in [1.82, 2.24) is 9.80 Å². The third kappa shape index (κ3) is 4.96. The Morgan fingerprint density at radius 2 is 2.11 bits per heavy atom. The number of aliphatic carboxylic acids is 1. The predicted octanol–water partition coefficient (Wildman–Crippen LogP) is 1.39. The highest BCUT2D eigenvalue weighted by atomic mass is 16.6. The SMILES string of the molecule is CCOc1ccc([N+](=O)[O-])c(C(=O)N(C)CC(=O)N2CCCC(C(=O)O)C2)c1. The molecule has 1 aromatic rings. The molecule has 1 aliphatic heterocycles. The summed E-state index contributed by atoms with van der Waals surface area (Å²) >= 11 is 0. The molecule has 1 atom stereocenters. The summed E-state index contributed by atoms with van der Waals surface area (Å²) in [6, 6.07) is 3.88. The Bertz CT molecular complexity index is 780. The van der Waals surface area contributed by atoms with Crippen molar-refractivity contribution in [3.8, 4) is 5.75 Å². The normalized spacial score (nSPS) is 16.4. The van der Waals surface area contributed by atoms with E-state index in [1.54, 1.807) is 6.92 Å². The molecule has 10 nitrogen and oxygen atoms in total. The van der Waals surface area contributed by atoms with Crippen molar-refractivity contribution in [1.29, 1.82) is 0 Å². The number of nitrogens with zero attached hydrogens (tertiary/aromatic N) is 3. The molecule has 1 fully saturated rings. The van der Waals surface area contributed by atoms with Crippen molar-refractivity contribution < 1.29 is 29.2 Å². The fourth-order valence-corrected chi connectivity index (χ4v) is 3.09. The highest BCUT2D eigenvalue weighted by Crippen LogP contribution is 2.25. The van der Waals surface area contributed by atoms with E-state index in [0.717, 1.165) is 4.90 Å². The number of nitro groups is 1. The van der Waals surface area contributed by atoms with E-state index in [9.17, 15) is 24.5 Å². The zero-order valence-electron chi connectivity index (χ0n) is 15.8. The average Bonchev–Trinajstić information content (AvgIpc) is 2.67. The van der Waals surface area contributed by atoms with Crippen LogP contribution >= 0.6 is 0 Å². The Balaban J connectivity index is 2.13. The van der Waals surface area contributed by atoms with Crippen LogP contribution in [0.1, 0.15) is 30.1 Å². The predicted molar refractivity (Wildman–Crippen MR) is 98.2 cm³/mol. The van der Waals surface area contributed by atoms with Gasteiger partial charge in [-0.2, -0.15) is 0 Å². The van der Waals surface area contributed by atoms with Crippen LogP contribution in [0.4, 0.5) is 5.69 Å². The molecule has 0 radical (unpaired) electrons. The van der Waals surface area contributed by atoms with Crippen LogP contribution < -0.4 is 4.74 Å². The molecule has 1 unspecified atom stereocenters. The lowest BCUT2D eigenvalue weighted by molar-refractivity contribution is -0.385. The maximum Gasteiger partial charge on any atom is 0.308 e. The van der Waals surface area contributed by atoms with Gasteiger partial charge in [0.05, 0.1) is 24.0 Å². The van der Waals surface area contributed by atoms with Gasteiger partial charge in [-0.1, -0.05) is 0 Å². The van der Waals surface area contributed by atoms with Gasteiger partial charge in [0.15, 0.2) is 0 Å². The number of rotatable bonds is 7. The molecule has 1 aliphatic rings. The van der Waals surface area contributed by atoms with Crippen molar-refractivity contribution in [3.63, 3.8) is 0 Å². The van der Waals surface area contributed by atoms with Crippen LogP contribution in [-0.2, 0) is 9.59 Å². The highest BCUT2D eigenvalue weighted by molar-refractivity contribution is 6.00. The summed E-state index contributed by atoms with van der Waals surface area (Å²) in [6.45, 7) is 2.29. The first-order valence-electron chi connectivity index (χ1n) is 8.91. The number of ether oxygens (including phenoxy) is 1. The molecule has 28 heavy (non-hydrogen) atoms. The van der Waals surface area contributed by atoms with Gasteiger partial charge in [0, 0.05) is 26.2 Å². The van der Waals surface area contributed by atoms with Crippen molar-refractivity contribution in [2.75, 3.05) is 33.3 Å². The average molecular weight is 393 g/mol. The van der Waals surface area contributed by atoms with E-state index in [1.807, 2.05) is 0 Å². The summed E-state index contributed by atoms with van der Waals surface area (Å²) < 4.78 is 5.30. The lowest BCUT2D eigenvalue weighted by Gasteiger charge is -2.32. The summed E-state index contributed by atoms with van der Waals surface area (Å²) in [5.74, 6) is -2.34. The third-order valence-corrected chi connectivity index (χ3v) is 4.55. The van der Waals surface area contributed by atoms with E-state index in [-0.39, 0.29) is 24.3 Å². The van der Waals surface area contributed by atoms with Gasteiger partial charge in [0.25, 0.3) is 11.6 Å². The van der Waals surface area contributed by atoms with E-state index in [4.69, 9.17) is 9.84 Å². The van der Waals surface area contributed by atoms with E-state index >= 15 is 0 Å². The minimum Gasteiger partial charge on any atom is -0.494 e. The first-order valence-corrected chi connectivity index (χ1v) is 8.91. The molecule has 2 rings (SSSR count). The van der Waals surface area contributed by atoms with Crippen molar-refractivity contribution in [2.24, 2.45) is 5.92 Å². The minimum atomic E-state index is -0.953. The van der Waals surface area contributed by atoms with Gasteiger partial charge in [-0.25, -0.2) is 0 Å². The van der Waals surface area contributed by atoms with Gasteiger partial charge in [-0.15, -0.1) is 0 Å². The first kappa shape index (κ1) is 21.1. The highest BCUT2D eigenvalue weighted by Gasteiger charge is 2.30. The molecular weight excluding hydrogens is 370 g/mol. The topological polar surface area (TPSA) is 130 Å². The zero-order chi connectivity index (χ0) is 20.8. The number of likely N-dealkylation sites (N-methyl/N-ethyl adjacent to an activating group) is 1. The number of piperidine rings is 1. The van der Waals surface area contributed by atoms with E-state index in [2.05, 4.69) is 0 Å². The number of amides is 2. The minimum absolute atomic E-state index is 0.0934. The summed E-state index contributed by atoms with van der Waals surface area (Å²) in [5, 5.41) is 20.4. The second-order valence-electron chi connectivity index (χ2n) is 6.55. The lowest BCUT2D eigenvalue weighted by Crippen LogP contribution is -2.47. The number of likely N-dealkylation sites (tertiary alicyclic amines) is 1. The molecule has 152 valence electrons. The molecule has 1 aromatic carbocycles. The van der Waals surface area contributed by atoms with Gasteiger partial charge in [0.1, 0.15) is 11.3 Å². The lowest BCUT2D eigenvalue weighted by atomic mass is 9.98. The standard InChI is InChI=1S/C18H23N3O7/c1-3-28-13-6-7-15(21(26)27)14(9-13)17(23)19(2)11-16(22)20-8-4-5-12(10-20)18(24)25/h6-7,9,12H,3-5,8,10-11H2,1-2H3,(H,24,25). The number of hydrogen-bond donors (Lipinski definition) is 1. The zero-order valence-corrected chi connectivity index (χ0v) is 15.8. The smallest absolute Gasteiger partial charge is 0.308 e. The molecule has 2 amide bonds. The summed E-state index contributed by atoms with van der Waals surface area (Å²) in [7, 11) is 1.37. The number of nitro benzene ring substituents is 1. The van der Waals surface area contributed by atoms with Crippen molar-refractivity contribution in [3.05, 3.63) is 33.9 Å². The van der Waals surface area contributed by atoms with Crippen LogP contribution in [-0.4, -0.2) is 70.9 Å². The quantitative estimate of drug-likeness (QED) is 0.547. The number of carboxylic acid groups (broad SMARTS) is 1. The Labute approximate surface area is 161 Å². The van der Waals surface area contributed by atoms with Crippen LogP contribution in [0.25, 0.3) is 0 Å². The maximum absolute atomic E-state index is 12.7. The number of carbonyl (C=O) groups is 3. The molecule has 0 spiro atoms. The monoisotopic (exact) mass is 393 g/mol. The van der Waals surface area contributed by atoms with E-state index < -0.39 is 28.6 Å². The Hall–Kier alpha value is -3.17. The fourth-order valence-electron chi connectivity index (χ4n) is 3.09. The van der Waals surface area contributed by atoms with Crippen molar-refractivity contribution in [2.45, 2.75) is 19.8 Å². The van der Waals surface area contributed by atoms with Crippen LogP contribution in [0.5, 0.6) is 5.75 Å². The Morgan fingerprint density at radius 1 is 1.39 bits per heavy atom. The van der Waals surface area contributed by atoms with Crippen LogP contribution in [0.3, 0.4) is 0 Å². The molecule has 0 aromatic heterocycles. The molecule has 0 bridgehead atoms. The van der Waals surface area contributed by atoms with Gasteiger partial charge in [-0.05, 0) is 31.9 Å². The van der Waals surface area contributed by atoms with Gasteiger partial charge in [0.2, 0.25) is 5.91 Å². The van der Waals surface area contributed by atoms with Gasteiger partial charge in [-0.3, -0.25) is 24.5 Å². The number of carboxylic acids is 1. The molecule has 10 heteroatoms. The van der Waals surface area contributed by atoms with Crippen LogP contribution in [0.2, 0.25) is 0 Å². The van der Waals surface area contributed by atoms with Gasteiger partial charge >= 0.3 is 5.97 Å². The molecule has 1 N–H and O–H groups in total. The summed E-state index contributed by atoms with van der Waals surface area (Å²) in [5.41, 5.74) is -0.551. The second-order valence-corrected chi connectivity index (χ2v) is 6.55. The largest absolute Gasteiger partial charge is 0.494 e.